The van der Waals surface area contributed by atoms with Crippen LogP contribution in [0.25, 0.3) is 0 Å². The van der Waals surface area contributed by atoms with Gasteiger partial charge in [-0.2, -0.15) is 0 Å². The van der Waals surface area contributed by atoms with Crippen LogP contribution in [0.3, 0.4) is 0 Å². The molecule has 2 aliphatic rings. The van der Waals surface area contributed by atoms with Crippen molar-refractivity contribution >= 4 is 12.0 Å². The van der Waals surface area contributed by atoms with Crippen molar-refractivity contribution in [3.05, 3.63) is 46.7 Å². The maximum atomic E-state index is 12.5. The summed E-state index contributed by atoms with van der Waals surface area (Å²) in [5.41, 5.74) is 3.12. The van der Waals surface area contributed by atoms with E-state index in [0.29, 0.717) is 17.8 Å². The van der Waals surface area contributed by atoms with Gasteiger partial charge in [0.15, 0.2) is 0 Å². The molecule has 0 aromatic heterocycles. The predicted octanol–water partition coefficient (Wildman–Crippen LogP) is 2.26. The molecule has 6 nitrogen and oxygen atoms in total. The van der Waals surface area contributed by atoms with Crippen LogP contribution < -0.4 is 10.6 Å². The fourth-order valence-corrected chi connectivity index (χ4v) is 3.44. The number of benzene rings is 1. The van der Waals surface area contributed by atoms with Crippen LogP contribution in [0.2, 0.25) is 0 Å². The van der Waals surface area contributed by atoms with Crippen molar-refractivity contribution in [1.82, 2.24) is 15.5 Å². The molecule has 0 spiro atoms. The Balaban J connectivity index is 1.96. The van der Waals surface area contributed by atoms with Crippen molar-refractivity contribution in [3.8, 4) is 0 Å². The smallest absolute Gasteiger partial charge is 0.338 e. The van der Waals surface area contributed by atoms with Gasteiger partial charge in [-0.1, -0.05) is 36.2 Å². The maximum absolute atomic E-state index is 12.5. The summed E-state index contributed by atoms with van der Waals surface area (Å²) in [5, 5.41) is 5.68. The molecule has 2 aliphatic heterocycles. The number of methoxy groups -OCH3 is 1. The van der Waals surface area contributed by atoms with Crippen molar-refractivity contribution in [2.45, 2.75) is 32.2 Å². The molecular weight excluding hydrogens is 318 g/mol. The van der Waals surface area contributed by atoms with Crippen LogP contribution in [-0.2, 0) is 9.53 Å². The molecule has 0 saturated carbocycles. The molecule has 1 atom stereocenters. The summed E-state index contributed by atoms with van der Waals surface area (Å²) in [6, 6.07) is 7.04. The van der Waals surface area contributed by atoms with Gasteiger partial charge in [0.1, 0.15) is 0 Å². The Morgan fingerprint density at radius 3 is 2.52 bits per heavy atom. The van der Waals surface area contributed by atoms with E-state index in [1.807, 2.05) is 31.2 Å². The molecular formula is C19H25N3O3. The number of nitrogens with one attached hydrogen (secondary N) is 2. The van der Waals surface area contributed by atoms with Crippen molar-refractivity contribution in [3.63, 3.8) is 0 Å². The summed E-state index contributed by atoms with van der Waals surface area (Å²) in [4.78, 5) is 27.0. The average molecular weight is 343 g/mol. The number of amides is 2. The molecule has 1 saturated heterocycles. The third kappa shape index (κ3) is 4.02. The number of urea groups is 1. The van der Waals surface area contributed by atoms with E-state index < -0.39 is 12.0 Å². The highest BCUT2D eigenvalue weighted by molar-refractivity contribution is 5.95. The van der Waals surface area contributed by atoms with E-state index in [2.05, 4.69) is 15.5 Å². The maximum Gasteiger partial charge on any atom is 0.338 e. The first kappa shape index (κ1) is 17.5. The van der Waals surface area contributed by atoms with Gasteiger partial charge in [-0.15, -0.1) is 0 Å². The summed E-state index contributed by atoms with van der Waals surface area (Å²) in [6.07, 6.45) is 3.53. The van der Waals surface area contributed by atoms with E-state index in [4.69, 9.17) is 4.74 Å². The van der Waals surface area contributed by atoms with Crippen LogP contribution in [0.15, 0.2) is 35.5 Å². The Labute approximate surface area is 148 Å². The molecule has 2 amide bonds. The number of likely N-dealkylation sites (tertiary alicyclic amines) is 1. The van der Waals surface area contributed by atoms with E-state index in [1.54, 1.807) is 0 Å². The predicted molar refractivity (Wildman–Crippen MR) is 94.9 cm³/mol. The SMILES string of the molecule is COC(=O)C1=C(CN2CCCCC2)NC(=O)N[C@@H]1c1ccc(C)cc1. The quantitative estimate of drug-likeness (QED) is 0.823. The van der Waals surface area contributed by atoms with Gasteiger partial charge in [0.25, 0.3) is 0 Å². The number of hydrogen-bond donors (Lipinski definition) is 2. The van der Waals surface area contributed by atoms with Crippen LogP contribution in [0, 0.1) is 6.92 Å². The summed E-state index contributed by atoms with van der Waals surface area (Å²) in [5.74, 6) is -0.412. The Hall–Kier alpha value is -2.34. The third-order valence-corrected chi connectivity index (χ3v) is 4.80. The normalized spacial score (nSPS) is 21.5. The monoisotopic (exact) mass is 343 g/mol. The topological polar surface area (TPSA) is 70.7 Å². The summed E-state index contributed by atoms with van der Waals surface area (Å²) < 4.78 is 5.01. The van der Waals surface area contributed by atoms with Crippen molar-refractivity contribution in [2.24, 2.45) is 0 Å². The number of esters is 1. The van der Waals surface area contributed by atoms with E-state index in [-0.39, 0.29) is 6.03 Å². The summed E-state index contributed by atoms with van der Waals surface area (Å²) in [7, 11) is 1.37. The van der Waals surface area contributed by atoms with Crippen molar-refractivity contribution in [2.75, 3.05) is 26.7 Å². The zero-order valence-electron chi connectivity index (χ0n) is 14.8. The number of hydrogen-bond acceptors (Lipinski definition) is 4. The first-order chi connectivity index (χ1) is 12.1. The van der Waals surface area contributed by atoms with Gasteiger partial charge in [-0.3, -0.25) is 4.90 Å². The molecule has 134 valence electrons. The Kier molecular flexibility index (Phi) is 5.38. The molecule has 0 bridgehead atoms. The molecule has 6 heteroatoms. The third-order valence-electron chi connectivity index (χ3n) is 4.80. The second-order valence-electron chi connectivity index (χ2n) is 6.66. The molecule has 0 radical (unpaired) electrons. The fraction of sp³-hybridized carbons (Fsp3) is 0.474. The minimum atomic E-state index is -0.499. The van der Waals surface area contributed by atoms with Gasteiger partial charge in [-0.05, 0) is 38.4 Å². The molecule has 0 unspecified atom stereocenters. The number of piperidine rings is 1. The fourth-order valence-electron chi connectivity index (χ4n) is 3.44. The second kappa shape index (κ2) is 7.70. The average Bonchev–Trinajstić information content (AvgIpc) is 2.62. The zero-order chi connectivity index (χ0) is 17.8. The van der Waals surface area contributed by atoms with Crippen LogP contribution in [0.5, 0.6) is 0 Å². The van der Waals surface area contributed by atoms with E-state index in [9.17, 15) is 9.59 Å². The summed E-state index contributed by atoms with van der Waals surface area (Å²) in [6.45, 7) is 4.52. The van der Waals surface area contributed by atoms with Gasteiger partial charge < -0.3 is 15.4 Å². The lowest BCUT2D eigenvalue weighted by atomic mass is 9.94. The number of carbonyl (C=O) groups excluding carboxylic acids is 2. The van der Waals surface area contributed by atoms with E-state index in [1.165, 1.54) is 13.5 Å². The lowest BCUT2D eigenvalue weighted by Crippen LogP contribution is -2.48. The highest BCUT2D eigenvalue weighted by atomic mass is 16.5. The Morgan fingerprint density at radius 2 is 1.88 bits per heavy atom. The Bertz CT molecular complexity index is 676. The number of aryl methyl sites for hydroxylation is 1. The van der Waals surface area contributed by atoms with Crippen LogP contribution in [0.1, 0.15) is 36.4 Å². The minimum absolute atomic E-state index is 0.287. The van der Waals surface area contributed by atoms with Crippen molar-refractivity contribution < 1.29 is 14.3 Å². The number of ether oxygens (including phenoxy) is 1. The molecule has 3 rings (SSSR count). The Morgan fingerprint density at radius 1 is 1.20 bits per heavy atom. The lowest BCUT2D eigenvalue weighted by Gasteiger charge is -2.33. The number of carbonyl (C=O) groups is 2. The molecule has 1 aromatic rings. The van der Waals surface area contributed by atoms with Crippen molar-refractivity contribution in [1.29, 1.82) is 0 Å². The minimum Gasteiger partial charge on any atom is -0.466 e. The van der Waals surface area contributed by atoms with Gasteiger partial charge in [0.2, 0.25) is 0 Å². The molecule has 25 heavy (non-hydrogen) atoms. The van der Waals surface area contributed by atoms with Crippen LogP contribution in [-0.4, -0.2) is 43.6 Å². The van der Waals surface area contributed by atoms with Gasteiger partial charge in [0.05, 0.1) is 18.7 Å². The number of nitrogens with zero attached hydrogens (tertiary/aromatic N) is 1. The van der Waals surface area contributed by atoms with E-state index >= 15 is 0 Å². The second-order valence-corrected chi connectivity index (χ2v) is 6.66. The summed E-state index contributed by atoms with van der Waals surface area (Å²) >= 11 is 0. The molecule has 0 aliphatic carbocycles. The van der Waals surface area contributed by atoms with Crippen LogP contribution >= 0.6 is 0 Å². The lowest BCUT2D eigenvalue weighted by molar-refractivity contribution is -0.136. The molecule has 1 aromatic carbocycles. The largest absolute Gasteiger partial charge is 0.466 e. The van der Waals surface area contributed by atoms with E-state index in [0.717, 1.165) is 37.1 Å². The zero-order valence-corrected chi connectivity index (χ0v) is 14.8. The highest BCUT2D eigenvalue weighted by Gasteiger charge is 2.34. The first-order valence-electron chi connectivity index (χ1n) is 8.76. The van der Waals surface area contributed by atoms with Gasteiger partial charge >= 0.3 is 12.0 Å². The van der Waals surface area contributed by atoms with Gasteiger partial charge in [-0.25, -0.2) is 9.59 Å². The first-order valence-corrected chi connectivity index (χ1v) is 8.76. The number of rotatable bonds is 4. The molecule has 2 heterocycles. The molecule has 2 N–H and O–H groups in total. The molecule has 1 fully saturated rings. The van der Waals surface area contributed by atoms with Crippen LogP contribution in [0.4, 0.5) is 4.79 Å². The standard InChI is InChI=1S/C19H25N3O3/c1-13-6-8-14(9-7-13)17-16(18(23)25-2)15(20-19(24)21-17)12-22-10-4-3-5-11-22/h6-9,17H,3-5,10-12H2,1-2H3,(H2,20,21,24)/t17-/m1/s1. The highest BCUT2D eigenvalue weighted by Crippen LogP contribution is 2.28. The van der Waals surface area contributed by atoms with Gasteiger partial charge in [0, 0.05) is 12.2 Å².